The van der Waals surface area contributed by atoms with Gasteiger partial charge in [0, 0.05) is 37.4 Å². The van der Waals surface area contributed by atoms with Crippen molar-refractivity contribution in [3.05, 3.63) is 48.0 Å². The Hall–Kier alpha value is -1.91. The van der Waals surface area contributed by atoms with E-state index < -0.39 is 0 Å². The minimum absolute atomic E-state index is 1.10. The van der Waals surface area contributed by atoms with Gasteiger partial charge in [0.1, 0.15) is 5.01 Å². The number of likely N-dealkylation sites (N-methyl/N-ethyl adjacent to an activating group) is 1. The van der Waals surface area contributed by atoms with Gasteiger partial charge in [-0.25, -0.2) is 4.98 Å². The van der Waals surface area contributed by atoms with E-state index in [9.17, 15) is 0 Å². The summed E-state index contributed by atoms with van der Waals surface area (Å²) in [5.74, 6) is 0. The van der Waals surface area contributed by atoms with Crippen LogP contribution in [-0.4, -0.2) is 43.1 Å². The van der Waals surface area contributed by atoms with Crippen LogP contribution in [0.25, 0.3) is 20.8 Å². The third-order valence-electron chi connectivity index (χ3n) is 4.53. The van der Waals surface area contributed by atoms with E-state index in [0.717, 1.165) is 36.7 Å². The standard InChI is InChI=1S/C19H21N3S/c1-14-3-8-17-18(13-14)23-19(20-17)15-4-6-16(7-5-15)22-11-9-21(2)10-12-22/h3-8,13H,9-12H2,1-2H3. The molecule has 0 bridgehead atoms. The summed E-state index contributed by atoms with van der Waals surface area (Å²) in [6.07, 6.45) is 0. The zero-order valence-corrected chi connectivity index (χ0v) is 14.4. The number of aromatic nitrogens is 1. The van der Waals surface area contributed by atoms with E-state index in [1.165, 1.54) is 21.5 Å². The summed E-state index contributed by atoms with van der Waals surface area (Å²) < 4.78 is 1.27. The lowest BCUT2D eigenvalue weighted by Crippen LogP contribution is -2.44. The van der Waals surface area contributed by atoms with Crippen molar-refractivity contribution in [1.29, 1.82) is 0 Å². The summed E-state index contributed by atoms with van der Waals surface area (Å²) in [4.78, 5) is 9.62. The Morgan fingerprint density at radius 1 is 0.957 bits per heavy atom. The second kappa shape index (κ2) is 5.95. The van der Waals surface area contributed by atoms with Crippen LogP contribution in [0.1, 0.15) is 5.56 Å². The van der Waals surface area contributed by atoms with Crippen molar-refractivity contribution < 1.29 is 0 Å². The van der Waals surface area contributed by atoms with Crippen LogP contribution in [0.2, 0.25) is 0 Å². The molecule has 3 nitrogen and oxygen atoms in total. The molecular formula is C19H21N3S. The van der Waals surface area contributed by atoms with E-state index >= 15 is 0 Å². The fraction of sp³-hybridized carbons (Fsp3) is 0.316. The molecule has 0 amide bonds. The number of anilines is 1. The molecule has 4 rings (SSSR count). The number of benzene rings is 2. The zero-order valence-electron chi connectivity index (χ0n) is 13.6. The molecule has 3 aromatic rings. The lowest BCUT2D eigenvalue weighted by atomic mass is 10.2. The van der Waals surface area contributed by atoms with Gasteiger partial charge in [-0.15, -0.1) is 11.3 Å². The van der Waals surface area contributed by atoms with Crippen molar-refractivity contribution in [2.45, 2.75) is 6.92 Å². The zero-order chi connectivity index (χ0) is 15.8. The summed E-state index contributed by atoms with van der Waals surface area (Å²) in [5, 5.41) is 1.11. The van der Waals surface area contributed by atoms with Crippen LogP contribution in [-0.2, 0) is 0 Å². The SMILES string of the molecule is Cc1ccc2nc(-c3ccc(N4CCN(C)CC4)cc3)sc2c1. The first-order chi connectivity index (χ1) is 11.2. The predicted octanol–water partition coefficient (Wildman–Crippen LogP) is 4.02. The van der Waals surface area contributed by atoms with Gasteiger partial charge in [-0.2, -0.15) is 0 Å². The Labute approximate surface area is 141 Å². The largest absolute Gasteiger partial charge is 0.369 e. The van der Waals surface area contributed by atoms with Crippen molar-refractivity contribution in [2.24, 2.45) is 0 Å². The van der Waals surface area contributed by atoms with Crippen molar-refractivity contribution in [3.8, 4) is 10.6 Å². The van der Waals surface area contributed by atoms with Gasteiger partial charge >= 0.3 is 0 Å². The smallest absolute Gasteiger partial charge is 0.124 e. The number of nitrogens with zero attached hydrogens (tertiary/aromatic N) is 3. The number of piperazine rings is 1. The number of hydrogen-bond donors (Lipinski definition) is 0. The summed E-state index contributed by atoms with van der Waals surface area (Å²) in [6.45, 7) is 6.62. The van der Waals surface area contributed by atoms with E-state index in [4.69, 9.17) is 4.98 Å². The van der Waals surface area contributed by atoms with Crippen molar-refractivity contribution in [3.63, 3.8) is 0 Å². The Balaban J connectivity index is 1.59. The molecule has 0 N–H and O–H groups in total. The minimum atomic E-state index is 1.10. The van der Waals surface area contributed by atoms with E-state index in [1.807, 2.05) is 0 Å². The molecule has 23 heavy (non-hydrogen) atoms. The monoisotopic (exact) mass is 323 g/mol. The highest BCUT2D eigenvalue weighted by Gasteiger charge is 2.14. The normalized spacial score (nSPS) is 16.2. The quantitative estimate of drug-likeness (QED) is 0.710. The summed E-state index contributed by atoms with van der Waals surface area (Å²) in [5.41, 5.74) is 4.91. The Bertz CT molecular complexity index is 814. The molecule has 4 heteroatoms. The number of aryl methyl sites for hydroxylation is 1. The highest BCUT2D eigenvalue weighted by molar-refractivity contribution is 7.21. The topological polar surface area (TPSA) is 19.4 Å². The first-order valence-electron chi connectivity index (χ1n) is 8.10. The maximum Gasteiger partial charge on any atom is 0.124 e. The van der Waals surface area contributed by atoms with Crippen molar-refractivity contribution in [2.75, 3.05) is 38.1 Å². The van der Waals surface area contributed by atoms with Crippen LogP contribution in [0.4, 0.5) is 5.69 Å². The lowest BCUT2D eigenvalue weighted by Gasteiger charge is -2.34. The molecule has 0 atom stereocenters. The number of hydrogen-bond acceptors (Lipinski definition) is 4. The molecule has 0 spiro atoms. The summed E-state index contributed by atoms with van der Waals surface area (Å²) in [7, 11) is 2.19. The number of thiazole rings is 1. The molecule has 1 aromatic heterocycles. The van der Waals surface area contributed by atoms with E-state index in [1.54, 1.807) is 11.3 Å². The molecular weight excluding hydrogens is 302 g/mol. The summed E-state index contributed by atoms with van der Waals surface area (Å²) in [6, 6.07) is 15.3. The highest BCUT2D eigenvalue weighted by atomic mass is 32.1. The van der Waals surface area contributed by atoms with Crippen LogP contribution < -0.4 is 4.90 Å². The molecule has 118 valence electrons. The minimum Gasteiger partial charge on any atom is -0.369 e. The molecule has 2 heterocycles. The van der Waals surface area contributed by atoms with Gasteiger partial charge < -0.3 is 9.80 Å². The first kappa shape index (κ1) is 14.7. The van der Waals surface area contributed by atoms with Crippen molar-refractivity contribution in [1.82, 2.24) is 9.88 Å². The van der Waals surface area contributed by atoms with E-state index in [2.05, 4.69) is 66.2 Å². The molecule has 1 saturated heterocycles. The van der Waals surface area contributed by atoms with Gasteiger partial charge in [0.05, 0.1) is 10.2 Å². The average Bonchev–Trinajstić information content (AvgIpc) is 2.99. The number of rotatable bonds is 2. The molecule has 1 aliphatic heterocycles. The molecule has 1 fully saturated rings. The second-order valence-corrected chi connectivity index (χ2v) is 7.36. The van der Waals surface area contributed by atoms with Crippen LogP contribution in [0, 0.1) is 6.92 Å². The Kier molecular flexibility index (Phi) is 3.79. The average molecular weight is 323 g/mol. The van der Waals surface area contributed by atoms with E-state index in [0.29, 0.717) is 0 Å². The highest BCUT2D eigenvalue weighted by Crippen LogP contribution is 2.31. The molecule has 0 unspecified atom stereocenters. The fourth-order valence-corrected chi connectivity index (χ4v) is 4.10. The predicted molar refractivity (Wildman–Crippen MR) is 99.5 cm³/mol. The van der Waals surface area contributed by atoms with Crippen LogP contribution >= 0.6 is 11.3 Å². The molecule has 0 saturated carbocycles. The maximum absolute atomic E-state index is 4.77. The van der Waals surface area contributed by atoms with Crippen molar-refractivity contribution >= 4 is 27.2 Å². The van der Waals surface area contributed by atoms with Gasteiger partial charge in [0.25, 0.3) is 0 Å². The van der Waals surface area contributed by atoms with Gasteiger partial charge in [-0.05, 0) is 55.9 Å². The number of fused-ring (bicyclic) bond motifs is 1. The molecule has 2 aromatic carbocycles. The van der Waals surface area contributed by atoms with Gasteiger partial charge in [-0.3, -0.25) is 0 Å². The third kappa shape index (κ3) is 2.96. The first-order valence-corrected chi connectivity index (χ1v) is 8.92. The fourth-order valence-electron chi connectivity index (χ4n) is 3.03. The lowest BCUT2D eigenvalue weighted by molar-refractivity contribution is 0.313. The van der Waals surface area contributed by atoms with Crippen LogP contribution in [0.5, 0.6) is 0 Å². The van der Waals surface area contributed by atoms with E-state index in [-0.39, 0.29) is 0 Å². The van der Waals surface area contributed by atoms with Crippen LogP contribution in [0.3, 0.4) is 0 Å². The molecule has 0 aliphatic carbocycles. The Morgan fingerprint density at radius 2 is 1.70 bits per heavy atom. The van der Waals surface area contributed by atoms with Crippen LogP contribution in [0.15, 0.2) is 42.5 Å². The Morgan fingerprint density at radius 3 is 2.43 bits per heavy atom. The van der Waals surface area contributed by atoms with Gasteiger partial charge in [0.15, 0.2) is 0 Å². The summed E-state index contributed by atoms with van der Waals surface area (Å²) >= 11 is 1.77. The second-order valence-electron chi connectivity index (χ2n) is 6.33. The molecule has 1 aliphatic rings. The third-order valence-corrected chi connectivity index (χ3v) is 5.59. The van der Waals surface area contributed by atoms with Gasteiger partial charge in [0.2, 0.25) is 0 Å². The maximum atomic E-state index is 4.77. The van der Waals surface area contributed by atoms with Gasteiger partial charge in [-0.1, -0.05) is 6.07 Å². The molecule has 0 radical (unpaired) electrons.